The first kappa shape index (κ1) is 14.8. The van der Waals surface area contributed by atoms with E-state index in [1.165, 1.54) is 12.8 Å². The van der Waals surface area contributed by atoms with Crippen LogP contribution < -0.4 is 10.1 Å². The fraction of sp³-hybridized carbons (Fsp3) is 0.562. The molecule has 4 heteroatoms. The molecule has 1 fully saturated rings. The molecule has 0 radical (unpaired) electrons. The highest BCUT2D eigenvalue weighted by atomic mass is 16.5. The van der Waals surface area contributed by atoms with Gasteiger partial charge in [-0.1, -0.05) is 25.0 Å². The van der Waals surface area contributed by atoms with Crippen molar-refractivity contribution in [3.8, 4) is 11.8 Å². The number of para-hydroxylation sites is 1. The molecule has 0 heterocycles. The Morgan fingerprint density at radius 3 is 2.80 bits per heavy atom. The van der Waals surface area contributed by atoms with Crippen LogP contribution in [0.3, 0.4) is 0 Å². The summed E-state index contributed by atoms with van der Waals surface area (Å²) in [7, 11) is 0. The van der Waals surface area contributed by atoms with E-state index >= 15 is 0 Å². The number of nitrogens with one attached hydrogen (secondary N) is 1. The molecule has 0 saturated heterocycles. The Hall–Kier alpha value is -1.57. The Morgan fingerprint density at radius 2 is 2.10 bits per heavy atom. The van der Waals surface area contributed by atoms with E-state index in [1.807, 2.05) is 6.07 Å². The van der Waals surface area contributed by atoms with Crippen LogP contribution in [0, 0.1) is 11.3 Å². The number of rotatable bonds is 6. The van der Waals surface area contributed by atoms with Gasteiger partial charge in [0.25, 0.3) is 0 Å². The van der Waals surface area contributed by atoms with Crippen LogP contribution in [0.1, 0.15) is 38.2 Å². The largest absolute Gasteiger partial charge is 0.489 e. The first-order valence-electron chi connectivity index (χ1n) is 7.18. The second-order valence-electron chi connectivity index (χ2n) is 5.72. The number of benzene rings is 1. The standard InChI is InChI=1S/C16H22N2O2/c1-16(8-4-5-9-16)18-11-14(19)12-20-15-7-3-2-6-13(15)10-17/h2-3,6-7,14,18-19H,4-5,8-9,11-12H2,1H3. The normalized spacial score (nSPS) is 18.4. The zero-order valence-corrected chi connectivity index (χ0v) is 11.9. The van der Waals surface area contributed by atoms with E-state index in [-0.39, 0.29) is 12.1 Å². The molecule has 1 saturated carbocycles. The molecule has 0 aliphatic heterocycles. The highest BCUT2D eigenvalue weighted by molar-refractivity contribution is 5.42. The van der Waals surface area contributed by atoms with Gasteiger partial charge in [-0.15, -0.1) is 0 Å². The van der Waals surface area contributed by atoms with Crippen molar-refractivity contribution in [2.24, 2.45) is 0 Å². The first-order valence-corrected chi connectivity index (χ1v) is 7.18. The minimum Gasteiger partial charge on any atom is -0.489 e. The molecule has 1 aromatic rings. The summed E-state index contributed by atoms with van der Waals surface area (Å²) in [6.07, 6.45) is 4.27. The zero-order chi connectivity index (χ0) is 14.4. The van der Waals surface area contributed by atoms with Crippen molar-refractivity contribution in [1.82, 2.24) is 5.32 Å². The quantitative estimate of drug-likeness (QED) is 0.835. The molecule has 1 atom stereocenters. The van der Waals surface area contributed by atoms with Crippen LogP contribution in [0.5, 0.6) is 5.75 Å². The smallest absolute Gasteiger partial charge is 0.137 e. The van der Waals surface area contributed by atoms with E-state index in [1.54, 1.807) is 18.2 Å². The van der Waals surface area contributed by atoms with Gasteiger partial charge in [-0.2, -0.15) is 5.26 Å². The maximum Gasteiger partial charge on any atom is 0.137 e. The molecule has 1 aromatic carbocycles. The average molecular weight is 274 g/mol. The van der Waals surface area contributed by atoms with Gasteiger partial charge in [0.15, 0.2) is 0 Å². The van der Waals surface area contributed by atoms with E-state index in [2.05, 4.69) is 18.3 Å². The molecular formula is C16H22N2O2. The zero-order valence-electron chi connectivity index (χ0n) is 11.9. The number of nitrogens with zero attached hydrogens (tertiary/aromatic N) is 1. The predicted octanol–water partition coefficient (Wildman–Crippen LogP) is 2.22. The number of aliphatic hydroxyl groups is 1. The van der Waals surface area contributed by atoms with Crippen LogP contribution in [0.15, 0.2) is 24.3 Å². The Labute approximate surface area is 120 Å². The third-order valence-corrected chi connectivity index (χ3v) is 3.91. The lowest BCUT2D eigenvalue weighted by atomic mass is 10.0. The molecule has 1 unspecified atom stereocenters. The lowest BCUT2D eigenvalue weighted by molar-refractivity contribution is 0.0978. The van der Waals surface area contributed by atoms with Gasteiger partial charge in [-0.25, -0.2) is 0 Å². The van der Waals surface area contributed by atoms with Gasteiger partial charge >= 0.3 is 0 Å². The number of hydrogen-bond donors (Lipinski definition) is 2. The fourth-order valence-electron chi connectivity index (χ4n) is 2.63. The molecule has 20 heavy (non-hydrogen) atoms. The van der Waals surface area contributed by atoms with Crippen LogP contribution >= 0.6 is 0 Å². The SMILES string of the molecule is CC1(NCC(O)COc2ccccc2C#N)CCCC1. The average Bonchev–Trinajstić information content (AvgIpc) is 2.90. The molecule has 108 valence electrons. The van der Waals surface area contributed by atoms with Crippen LogP contribution in [-0.2, 0) is 0 Å². The van der Waals surface area contributed by atoms with Gasteiger partial charge < -0.3 is 15.2 Å². The molecule has 1 aliphatic rings. The maximum absolute atomic E-state index is 9.98. The van der Waals surface area contributed by atoms with Crippen molar-refractivity contribution in [3.63, 3.8) is 0 Å². The molecule has 2 N–H and O–H groups in total. The summed E-state index contributed by atoms with van der Waals surface area (Å²) in [6, 6.07) is 9.15. The van der Waals surface area contributed by atoms with Gasteiger partial charge in [0.05, 0.1) is 5.56 Å². The van der Waals surface area contributed by atoms with Crippen molar-refractivity contribution in [1.29, 1.82) is 5.26 Å². The van der Waals surface area contributed by atoms with Gasteiger partial charge in [-0.3, -0.25) is 0 Å². The van der Waals surface area contributed by atoms with E-state index in [0.29, 0.717) is 17.9 Å². The number of ether oxygens (including phenoxy) is 1. The van der Waals surface area contributed by atoms with E-state index < -0.39 is 6.10 Å². The first-order chi connectivity index (χ1) is 9.63. The molecular weight excluding hydrogens is 252 g/mol. The molecule has 1 aliphatic carbocycles. The fourth-order valence-corrected chi connectivity index (χ4v) is 2.63. The molecule has 2 rings (SSSR count). The minimum absolute atomic E-state index is 0.158. The summed E-state index contributed by atoms with van der Waals surface area (Å²) in [5.74, 6) is 0.529. The third-order valence-electron chi connectivity index (χ3n) is 3.91. The summed E-state index contributed by atoms with van der Waals surface area (Å²) in [5, 5.41) is 22.4. The Kier molecular flexibility index (Phi) is 4.99. The van der Waals surface area contributed by atoms with Crippen molar-refractivity contribution in [2.45, 2.75) is 44.2 Å². The van der Waals surface area contributed by atoms with Crippen LogP contribution in [-0.4, -0.2) is 29.9 Å². The van der Waals surface area contributed by atoms with Gasteiger partial charge in [0.2, 0.25) is 0 Å². The van der Waals surface area contributed by atoms with Crippen molar-refractivity contribution in [2.75, 3.05) is 13.2 Å². The lowest BCUT2D eigenvalue weighted by Crippen LogP contribution is -2.44. The van der Waals surface area contributed by atoms with Crippen LogP contribution in [0.25, 0.3) is 0 Å². The van der Waals surface area contributed by atoms with Crippen molar-refractivity contribution in [3.05, 3.63) is 29.8 Å². The summed E-state index contributed by atoms with van der Waals surface area (Å²) < 4.78 is 5.53. The van der Waals surface area contributed by atoms with Crippen molar-refractivity contribution < 1.29 is 9.84 Å². The number of hydrogen-bond acceptors (Lipinski definition) is 4. The minimum atomic E-state index is -0.570. The van der Waals surface area contributed by atoms with Gasteiger partial charge in [-0.05, 0) is 31.9 Å². The molecule has 0 amide bonds. The lowest BCUT2D eigenvalue weighted by Gasteiger charge is -2.27. The maximum atomic E-state index is 9.98. The van der Waals surface area contributed by atoms with Gasteiger partial charge in [0, 0.05) is 12.1 Å². The molecule has 0 spiro atoms. The van der Waals surface area contributed by atoms with Crippen LogP contribution in [0.4, 0.5) is 0 Å². The number of nitriles is 1. The summed E-state index contributed by atoms with van der Waals surface area (Å²) in [4.78, 5) is 0. The summed E-state index contributed by atoms with van der Waals surface area (Å²) in [6.45, 7) is 2.92. The Balaban J connectivity index is 1.77. The third kappa shape index (κ3) is 3.96. The Bertz CT molecular complexity index is 476. The Morgan fingerprint density at radius 1 is 1.40 bits per heavy atom. The van der Waals surface area contributed by atoms with E-state index in [9.17, 15) is 5.11 Å². The van der Waals surface area contributed by atoms with E-state index in [4.69, 9.17) is 10.00 Å². The summed E-state index contributed by atoms with van der Waals surface area (Å²) in [5.41, 5.74) is 0.654. The second-order valence-corrected chi connectivity index (χ2v) is 5.72. The summed E-state index contributed by atoms with van der Waals surface area (Å²) >= 11 is 0. The molecule has 0 bridgehead atoms. The van der Waals surface area contributed by atoms with E-state index in [0.717, 1.165) is 12.8 Å². The van der Waals surface area contributed by atoms with Gasteiger partial charge in [0.1, 0.15) is 24.5 Å². The molecule has 4 nitrogen and oxygen atoms in total. The highest BCUT2D eigenvalue weighted by Crippen LogP contribution is 2.28. The number of β-amino-alcohol motifs (C(OH)–C–C–N with tert-alkyl or cyclic N) is 1. The van der Waals surface area contributed by atoms with Crippen molar-refractivity contribution >= 4 is 0 Å². The predicted molar refractivity (Wildman–Crippen MR) is 77.5 cm³/mol. The monoisotopic (exact) mass is 274 g/mol. The highest BCUT2D eigenvalue weighted by Gasteiger charge is 2.28. The molecule has 0 aromatic heterocycles. The second kappa shape index (κ2) is 6.74. The van der Waals surface area contributed by atoms with Crippen LogP contribution in [0.2, 0.25) is 0 Å². The topological polar surface area (TPSA) is 65.3 Å². The number of aliphatic hydroxyl groups excluding tert-OH is 1.